The fourth-order valence-corrected chi connectivity index (χ4v) is 1.59. The van der Waals surface area contributed by atoms with Gasteiger partial charge in [-0.3, -0.25) is 0 Å². The van der Waals surface area contributed by atoms with Gasteiger partial charge in [0.05, 0.1) is 13.2 Å². The molecule has 2 heterocycles. The first-order valence-electron chi connectivity index (χ1n) is 5.12. The quantitative estimate of drug-likeness (QED) is 0.744. The molecule has 1 aromatic rings. The maximum atomic E-state index is 9.48. The van der Waals surface area contributed by atoms with E-state index in [2.05, 4.69) is 4.90 Å². The molecule has 0 saturated carbocycles. The summed E-state index contributed by atoms with van der Waals surface area (Å²) in [6, 6.07) is 3.63. The van der Waals surface area contributed by atoms with Gasteiger partial charge in [-0.25, -0.2) is 0 Å². The smallest absolute Gasteiger partial charge is 0.195 e. The number of morpholine rings is 1. The Morgan fingerprint density at radius 2 is 2.13 bits per heavy atom. The normalized spacial score (nSPS) is 19.2. The molecule has 1 fully saturated rings. The SMILES string of the molecule is NC[C@H](O)c1ccc(N2CCOCC2)o1. The largest absolute Gasteiger partial charge is 0.443 e. The van der Waals surface area contributed by atoms with Crippen LogP contribution in [0.5, 0.6) is 0 Å². The summed E-state index contributed by atoms with van der Waals surface area (Å²) < 4.78 is 10.8. The van der Waals surface area contributed by atoms with Gasteiger partial charge in [-0.2, -0.15) is 0 Å². The average molecular weight is 212 g/mol. The van der Waals surface area contributed by atoms with E-state index in [0.29, 0.717) is 5.76 Å². The van der Waals surface area contributed by atoms with Gasteiger partial charge in [0.25, 0.3) is 0 Å². The number of ether oxygens (including phenoxy) is 1. The minimum absolute atomic E-state index is 0.177. The lowest BCUT2D eigenvalue weighted by Gasteiger charge is -2.26. The van der Waals surface area contributed by atoms with Crippen LogP contribution in [0.15, 0.2) is 16.5 Å². The van der Waals surface area contributed by atoms with Crippen molar-refractivity contribution in [3.05, 3.63) is 17.9 Å². The zero-order valence-corrected chi connectivity index (χ0v) is 8.56. The van der Waals surface area contributed by atoms with Crippen LogP contribution in [0, 0.1) is 0 Å². The molecule has 0 spiro atoms. The lowest BCUT2D eigenvalue weighted by atomic mass is 10.3. The predicted octanol–water partition coefficient (Wildman–Crippen LogP) is 0.108. The van der Waals surface area contributed by atoms with Crippen LogP contribution in [-0.4, -0.2) is 38.0 Å². The van der Waals surface area contributed by atoms with Crippen molar-refractivity contribution in [1.82, 2.24) is 0 Å². The molecule has 1 aromatic heterocycles. The minimum Gasteiger partial charge on any atom is -0.443 e. The summed E-state index contributed by atoms with van der Waals surface area (Å²) in [5, 5.41) is 9.48. The van der Waals surface area contributed by atoms with Crippen LogP contribution in [-0.2, 0) is 4.74 Å². The third-order valence-electron chi connectivity index (χ3n) is 2.49. The molecule has 15 heavy (non-hydrogen) atoms. The fraction of sp³-hybridized carbons (Fsp3) is 0.600. The highest BCUT2D eigenvalue weighted by Crippen LogP contribution is 2.23. The molecule has 1 atom stereocenters. The van der Waals surface area contributed by atoms with E-state index < -0.39 is 6.10 Å². The molecule has 0 aromatic carbocycles. The molecule has 0 unspecified atom stereocenters. The van der Waals surface area contributed by atoms with E-state index in [4.69, 9.17) is 14.9 Å². The molecule has 5 nitrogen and oxygen atoms in total. The van der Waals surface area contributed by atoms with E-state index in [9.17, 15) is 5.11 Å². The van der Waals surface area contributed by atoms with Gasteiger partial charge in [-0.1, -0.05) is 0 Å². The Balaban J connectivity index is 2.05. The van der Waals surface area contributed by atoms with Gasteiger partial charge < -0.3 is 24.9 Å². The highest BCUT2D eigenvalue weighted by molar-refractivity contribution is 5.37. The van der Waals surface area contributed by atoms with Crippen molar-refractivity contribution < 1.29 is 14.3 Å². The van der Waals surface area contributed by atoms with Crippen molar-refractivity contribution in [3.8, 4) is 0 Å². The summed E-state index contributed by atoms with van der Waals surface area (Å²) in [7, 11) is 0. The maximum absolute atomic E-state index is 9.48. The molecule has 5 heteroatoms. The van der Waals surface area contributed by atoms with Crippen LogP contribution in [0.4, 0.5) is 5.88 Å². The topological polar surface area (TPSA) is 71.9 Å². The second-order valence-electron chi connectivity index (χ2n) is 3.53. The lowest BCUT2D eigenvalue weighted by molar-refractivity contribution is 0.119. The summed E-state index contributed by atoms with van der Waals surface area (Å²) in [6.07, 6.45) is -0.709. The molecule has 0 bridgehead atoms. The third kappa shape index (κ3) is 2.31. The number of rotatable bonds is 3. The van der Waals surface area contributed by atoms with Crippen molar-refractivity contribution in [3.63, 3.8) is 0 Å². The number of nitrogens with zero attached hydrogens (tertiary/aromatic N) is 1. The number of hydrogen-bond acceptors (Lipinski definition) is 5. The number of aliphatic hydroxyl groups is 1. The van der Waals surface area contributed by atoms with Gasteiger partial charge >= 0.3 is 0 Å². The second kappa shape index (κ2) is 4.65. The van der Waals surface area contributed by atoms with Gasteiger partial charge in [0.1, 0.15) is 11.9 Å². The molecule has 2 rings (SSSR count). The van der Waals surface area contributed by atoms with Crippen molar-refractivity contribution in [2.24, 2.45) is 5.73 Å². The molecule has 1 aliphatic rings. The first-order valence-corrected chi connectivity index (χ1v) is 5.12. The molecule has 0 amide bonds. The predicted molar refractivity (Wildman–Crippen MR) is 55.8 cm³/mol. The molecule has 0 aliphatic carbocycles. The number of aliphatic hydroxyl groups excluding tert-OH is 1. The number of hydrogen-bond donors (Lipinski definition) is 2. The standard InChI is InChI=1S/C10H16N2O3/c11-7-8(13)9-1-2-10(15-9)12-3-5-14-6-4-12/h1-2,8,13H,3-7,11H2/t8-/m0/s1. The fourth-order valence-electron chi connectivity index (χ4n) is 1.59. The van der Waals surface area contributed by atoms with E-state index >= 15 is 0 Å². The summed E-state index contributed by atoms with van der Waals surface area (Å²) >= 11 is 0. The van der Waals surface area contributed by atoms with Crippen molar-refractivity contribution >= 4 is 5.88 Å². The Morgan fingerprint density at radius 3 is 2.80 bits per heavy atom. The van der Waals surface area contributed by atoms with E-state index in [1.54, 1.807) is 6.07 Å². The summed E-state index contributed by atoms with van der Waals surface area (Å²) in [4.78, 5) is 2.09. The highest BCUT2D eigenvalue weighted by atomic mass is 16.5. The molecular formula is C10H16N2O3. The van der Waals surface area contributed by atoms with Crippen LogP contribution in [0.3, 0.4) is 0 Å². The van der Waals surface area contributed by atoms with Crippen LogP contribution < -0.4 is 10.6 Å². The average Bonchev–Trinajstić information content (AvgIpc) is 2.78. The molecule has 84 valence electrons. The number of furan rings is 1. The Kier molecular flexibility index (Phi) is 3.25. The van der Waals surface area contributed by atoms with Crippen LogP contribution in [0.2, 0.25) is 0 Å². The first-order chi connectivity index (χ1) is 7.31. The van der Waals surface area contributed by atoms with Gasteiger partial charge in [-0.05, 0) is 6.07 Å². The van der Waals surface area contributed by atoms with E-state index in [1.165, 1.54) is 0 Å². The Bertz CT molecular complexity index is 307. The van der Waals surface area contributed by atoms with Crippen molar-refractivity contribution in [2.45, 2.75) is 6.10 Å². The zero-order valence-electron chi connectivity index (χ0n) is 8.56. The second-order valence-corrected chi connectivity index (χ2v) is 3.53. The Morgan fingerprint density at radius 1 is 1.40 bits per heavy atom. The summed E-state index contributed by atoms with van der Waals surface area (Å²) in [6.45, 7) is 3.26. The van der Waals surface area contributed by atoms with E-state index in [-0.39, 0.29) is 6.54 Å². The lowest BCUT2D eigenvalue weighted by Crippen LogP contribution is -2.35. The minimum atomic E-state index is -0.709. The first kappa shape index (κ1) is 10.5. The molecule has 1 saturated heterocycles. The molecule has 3 N–H and O–H groups in total. The van der Waals surface area contributed by atoms with E-state index in [0.717, 1.165) is 32.2 Å². The van der Waals surface area contributed by atoms with Crippen LogP contribution in [0.1, 0.15) is 11.9 Å². The van der Waals surface area contributed by atoms with Crippen molar-refractivity contribution in [1.29, 1.82) is 0 Å². The molecule has 1 aliphatic heterocycles. The maximum Gasteiger partial charge on any atom is 0.195 e. The molecular weight excluding hydrogens is 196 g/mol. The van der Waals surface area contributed by atoms with Gasteiger partial charge in [0, 0.05) is 25.7 Å². The third-order valence-corrected chi connectivity index (χ3v) is 2.49. The number of nitrogens with two attached hydrogens (primary N) is 1. The van der Waals surface area contributed by atoms with Gasteiger partial charge in [0.15, 0.2) is 5.88 Å². The van der Waals surface area contributed by atoms with Crippen molar-refractivity contribution in [2.75, 3.05) is 37.7 Å². The zero-order chi connectivity index (χ0) is 10.7. The monoisotopic (exact) mass is 212 g/mol. The summed E-state index contributed by atoms with van der Waals surface area (Å²) in [5.41, 5.74) is 5.35. The molecule has 0 radical (unpaired) electrons. The van der Waals surface area contributed by atoms with Crippen LogP contribution >= 0.6 is 0 Å². The Labute approximate surface area is 88.4 Å². The summed E-state index contributed by atoms with van der Waals surface area (Å²) in [5.74, 6) is 1.31. The highest BCUT2D eigenvalue weighted by Gasteiger charge is 2.16. The van der Waals surface area contributed by atoms with Gasteiger partial charge in [-0.15, -0.1) is 0 Å². The van der Waals surface area contributed by atoms with Gasteiger partial charge in [0.2, 0.25) is 0 Å². The van der Waals surface area contributed by atoms with E-state index in [1.807, 2.05) is 6.07 Å². The number of anilines is 1. The van der Waals surface area contributed by atoms with Crippen LogP contribution in [0.25, 0.3) is 0 Å². The Hall–Kier alpha value is -1.04.